The molecule has 0 aliphatic heterocycles. The van der Waals surface area contributed by atoms with Gasteiger partial charge in [0.1, 0.15) is 0 Å². The molecule has 4 heteroatoms. The Morgan fingerprint density at radius 3 is 2.72 bits per heavy atom. The molecule has 1 unspecified atom stereocenters. The highest BCUT2D eigenvalue weighted by Crippen LogP contribution is 2.19. The maximum absolute atomic E-state index is 4.57. The number of aryl methyl sites for hydroxylation is 2. The van der Waals surface area contributed by atoms with Gasteiger partial charge in [0.25, 0.3) is 0 Å². The van der Waals surface area contributed by atoms with E-state index in [-0.39, 0.29) is 6.04 Å². The molecule has 0 fully saturated rings. The number of likely N-dealkylation sites (N-methyl/N-ethyl adjacent to an activating group) is 1. The molecule has 2 rings (SSSR count). The maximum Gasteiger partial charge on any atom is 0.0898 e. The summed E-state index contributed by atoms with van der Waals surface area (Å²) in [4.78, 5) is 9.04. The van der Waals surface area contributed by atoms with Gasteiger partial charge in [0.05, 0.1) is 16.7 Å². The molecule has 0 bridgehead atoms. The van der Waals surface area contributed by atoms with Crippen molar-refractivity contribution in [1.82, 2.24) is 15.3 Å². The van der Waals surface area contributed by atoms with Crippen LogP contribution < -0.4 is 5.32 Å². The lowest BCUT2D eigenvalue weighted by atomic mass is 10.1. The number of nitrogens with zero attached hydrogens (tertiary/aromatic N) is 2. The van der Waals surface area contributed by atoms with Crippen LogP contribution in [0.5, 0.6) is 0 Å². The Kier molecular flexibility index (Phi) is 4.44. The van der Waals surface area contributed by atoms with E-state index in [1.165, 1.54) is 5.56 Å². The summed E-state index contributed by atoms with van der Waals surface area (Å²) in [6.07, 6.45) is 2.81. The highest BCUT2D eigenvalue weighted by molar-refractivity contribution is 7.09. The summed E-state index contributed by atoms with van der Waals surface area (Å²) in [5.74, 6) is 0. The quantitative estimate of drug-likeness (QED) is 0.899. The smallest absolute Gasteiger partial charge is 0.0898 e. The topological polar surface area (TPSA) is 37.8 Å². The standard InChI is InChI=1S/C14H19N3S/c1-4-15-13(14-9-18-11(3)17-14)7-12-6-5-10(2)8-16-12/h5-6,8-9,13,15H,4,7H2,1-3H3. The van der Waals surface area contributed by atoms with E-state index in [1.54, 1.807) is 11.3 Å². The second-order valence-corrected chi connectivity index (χ2v) is 5.49. The Morgan fingerprint density at radius 2 is 2.17 bits per heavy atom. The highest BCUT2D eigenvalue weighted by Gasteiger charge is 2.14. The van der Waals surface area contributed by atoms with Gasteiger partial charge in [-0.15, -0.1) is 11.3 Å². The van der Waals surface area contributed by atoms with Gasteiger partial charge in [-0.2, -0.15) is 0 Å². The fourth-order valence-electron chi connectivity index (χ4n) is 1.90. The Hall–Kier alpha value is -1.26. The van der Waals surface area contributed by atoms with Gasteiger partial charge in [-0.05, 0) is 32.0 Å². The molecule has 2 aromatic heterocycles. The summed E-state index contributed by atoms with van der Waals surface area (Å²) < 4.78 is 0. The van der Waals surface area contributed by atoms with Gasteiger partial charge in [0.15, 0.2) is 0 Å². The number of rotatable bonds is 5. The zero-order valence-corrected chi connectivity index (χ0v) is 11.9. The molecule has 1 N–H and O–H groups in total. The van der Waals surface area contributed by atoms with Gasteiger partial charge < -0.3 is 5.32 Å². The normalized spacial score (nSPS) is 12.6. The van der Waals surface area contributed by atoms with Gasteiger partial charge in [-0.3, -0.25) is 4.98 Å². The zero-order chi connectivity index (χ0) is 13.0. The van der Waals surface area contributed by atoms with Crippen LogP contribution in [0.3, 0.4) is 0 Å². The molecule has 0 radical (unpaired) electrons. The number of thiazole rings is 1. The van der Waals surface area contributed by atoms with Crippen LogP contribution in [0.2, 0.25) is 0 Å². The second kappa shape index (κ2) is 6.07. The summed E-state index contributed by atoms with van der Waals surface area (Å²) in [5.41, 5.74) is 3.43. The molecule has 0 aromatic carbocycles. The molecule has 2 heterocycles. The Bertz CT molecular complexity index is 490. The number of hydrogen-bond acceptors (Lipinski definition) is 4. The van der Waals surface area contributed by atoms with Crippen molar-refractivity contribution in [3.8, 4) is 0 Å². The first kappa shape index (κ1) is 13.2. The molecule has 0 saturated heterocycles. The molecule has 0 aliphatic carbocycles. The predicted molar refractivity (Wildman–Crippen MR) is 75.9 cm³/mol. The minimum absolute atomic E-state index is 0.259. The molecular formula is C14H19N3S. The van der Waals surface area contributed by atoms with E-state index in [4.69, 9.17) is 0 Å². The van der Waals surface area contributed by atoms with Crippen LogP contribution in [0, 0.1) is 13.8 Å². The van der Waals surface area contributed by atoms with Crippen molar-refractivity contribution in [3.63, 3.8) is 0 Å². The van der Waals surface area contributed by atoms with E-state index >= 15 is 0 Å². The second-order valence-electron chi connectivity index (χ2n) is 4.43. The fourth-order valence-corrected chi connectivity index (χ4v) is 2.56. The Morgan fingerprint density at radius 1 is 1.33 bits per heavy atom. The van der Waals surface area contributed by atoms with Gasteiger partial charge in [0, 0.05) is 23.7 Å². The first-order chi connectivity index (χ1) is 8.69. The van der Waals surface area contributed by atoms with Crippen molar-refractivity contribution in [2.24, 2.45) is 0 Å². The van der Waals surface area contributed by atoms with Crippen LogP contribution in [-0.2, 0) is 6.42 Å². The van der Waals surface area contributed by atoms with Crippen molar-refractivity contribution < 1.29 is 0 Å². The average Bonchev–Trinajstić information content (AvgIpc) is 2.78. The summed E-state index contributed by atoms with van der Waals surface area (Å²) in [6, 6.07) is 4.46. The van der Waals surface area contributed by atoms with Crippen molar-refractivity contribution in [1.29, 1.82) is 0 Å². The van der Waals surface area contributed by atoms with E-state index in [0.29, 0.717) is 0 Å². The third-order valence-corrected chi connectivity index (χ3v) is 3.62. The summed E-state index contributed by atoms with van der Waals surface area (Å²) in [7, 11) is 0. The molecule has 18 heavy (non-hydrogen) atoms. The van der Waals surface area contributed by atoms with E-state index < -0.39 is 0 Å². The molecule has 3 nitrogen and oxygen atoms in total. The van der Waals surface area contributed by atoms with E-state index in [9.17, 15) is 0 Å². The van der Waals surface area contributed by atoms with Crippen LogP contribution in [0.4, 0.5) is 0 Å². The van der Waals surface area contributed by atoms with E-state index in [2.05, 4.69) is 46.6 Å². The zero-order valence-electron chi connectivity index (χ0n) is 11.1. The monoisotopic (exact) mass is 261 g/mol. The number of hydrogen-bond donors (Lipinski definition) is 1. The van der Waals surface area contributed by atoms with Crippen molar-refractivity contribution >= 4 is 11.3 Å². The van der Waals surface area contributed by atoms with Gasteiger partial charge in [-0.1, -0.05) is 13.0 Å². The van der Waals surface area contributed by atoms with Gasteiger partial charge >= 0.3 is 0 Å². The molecule has 2 aromatic rings. The first-order valence-corrected chi connectivity index (χ1v) is 7.14. The largest absolute Gasteiger partial charge is 0.309 e. The summed E-state index contributed by atoms with van der Waals surface area (Å²) >= 11 is 1.70. The molecule has 0 spiro atoms. The number of nitrogens with one attached hydrogen (secondary N) is 1. The molecule has 96 valence electrons. The molecular weight excluding hydrogens is 242 g/mol. The van der Waals surface area contributed by atoms with Crippen molar-refractivity contribution in [3.05, 3.63) is 45.7 Å². The average molecular weight is 261 g/mol. The van der Waals surface area contributed by atoms with Crippen LogP contribution >= 0.6 is 11.3 Å². The lowest BCUT2D eigenvalue weighted by molar-refractivity contribution is 0.533. The van der Waals surface area contributed by atoms with E-state index in [1.807, 2.05) is 13.1 Å². The van der Waals surface area contributed by atoms with Crippen LogP contribution in [-0.4, -0.2) is 16.5 Å². The number of aromatic nitrogens is 2. The fraction of sp³-hybridized carbons (Fsp3) is 0.429. The summed E-state index contributed by atoms with van der Waals surface area (Å²) in [6.45, 7) is 7.16. The van der Waals surface area contributed by atoms with Gasteiger partial charge in [0.2, 0.25) is 0 Å². The Labute approximate surface area is 112 Å². The molecule has 1 atom stereocenters. The van der Waals surface area contributed by atoms with Crippen molar-refractivity contribution in [2.75, 3.05) is 6.54 Å². The van der Waals surface area contributed by atoms with Crippen LogP contribution in [0.15, 0.2) is 23.7 Å². The third kappa shape index (κ3) is 3.37. The highest BCUT2D eigenvalue weighted by atomic mass is 32.1. The SMILES string of the molecule is CCNC(Cc1ccc(C)cn1)c1csc(C)n1. The Balaban J connectivity index is 2.13. The van der Waals surface area contributed by atoms with E-state index in [0.717, 1.165) is 29.4 Å². The maximum atomic E-state index is 4.57. The lowest BCUT2D eigenvalue weighted by Crippen LogP contribution is -2.23. The summed E-state index contributed by atoms with van der Waals surface area (Å²) in [5, 5.41) is 6.73. The molecule has 0 saturated carbocycles. The molecule has 0 amide bonds. The lowest BCUT2D eigenvalue weighted by Gasteiger charge is -2.15. The minimum Gasteiger partial charge on any atom is -0.309 e. The van der Waals surface area contributed by atoms with Crippen LogP contribution in [0.1, 0.15) is 34.9 Å². The minimum atomic E-state index is 0.259. The molecule has 0 aliphatic rings. The third-order valence-electron chi connectivity index (χ3n) is 2.83. The van der Waals surface area contributed by atoms with Crippen LogP contribution in [0.25, 0.3) is 0 Å². The van der Waals surface area contributed by atoms with Gasteiger partial charge in [-0.25, -0.2) is 4.98 Å². The predicted octanol–water partition coefficient (Wildman–Crippen LogP) is 3.05. The first-order valence-electron chi connectivity index (χ1n) is 6.26. The van der Waals surface area contributed by atoms with Crippen molar-refractivity contribution in [2.45, 2.75) is 33.2 Å². The number of pyridine rings is 1.